The van der Waals surface area contributed by atoms with Crippen molar-refractivity contribution >= 4 is 34.5 Å². The fourth-order valence-corrected chi connectivity index (χ4v) is 3.65. The highest BCUT2D eigenvalue weighted by molar-refractivity contribution is 6.31. The number of H-pyrrole nitrogens is 1. The lowest BCUT2D eigenvalue weighted by Gasteiger charge is -2.39. The summed E-state index contributed by atoms with van der Waals surface area (Å²) < 4.78 is 24.9. The van der Waals surface area contributed by atoms with Gasteiger partial charge in [-0.3, -0.25) is 0 Å². The van der Waals surface area contributed by atoms with Gasteiger partial charge < -0.3 is 24.7 Å². The predicted octanol–water partition coefficient (Wildman–Crippen LogP) is 2.83. The summed E-state index contributed by atoms with van der Waals surface area (Å²) in [5, 5.41) is 4.26. The number of aromatic amines is 1. The smallest absolute Gasteiger partial charge is 0.410 e. The van der Waals surface area contributed by atoms with Gasteiger partial charge in [0.05, 0.1) is 30.5 Å². The number of carbonyl (C=O) groups is 1. The number of rotatable bonds is 4. The molecule has 5 heterocycles. The number of likely N-dealkylation sites (tertiary alicyclic amines) is 1. The number of halogens is 2. The maximum atomic E-state index is 14.3. The summed E-state index contributed by atoms with van der Waals surface area (Å²) in [7, 11) is 0. The summed E-state index contributed by atoms with van der Waals surface area (Å²) in [5.74, 6) is -0.156. The van der Waals surface area contributed by atoms with Crippen LogP contribution in [0.2, 0.25) is 5.02 Å². The molecule has 2 fully saturated rings. The number of pyridine rings is 1. The topological polar surface area (TPSA) is 105 Å². The Morgan fingerprint density at radius 1 is 1.37 bits per heavy atom. The Bertz CT molecular complexity index is 1100. The molecular formula is C19H18ClFN6O3. The first-order chi connectivity index (χ1) is 14.6. The van der Waals surface area contributed by atoms with E-state index in [2.05, 4.69) is 25.3 Å². The van der Waals surface area contributed by atoms with Crippen LogP contribution in [-0.2, 0) is 9.47 Å². The molecular weight excluding hydrogens is 415 g/mol. The Balaban J connectivity index is 1.27. The molecule has 2 aliphatic heterocycles. The van der Waals surface area contributed by atoms with Gasteiger partial charge in [-0.2, -0.15) is 0 Å². The molecule has 11 heteroatoms. The van der Waals surface area contributed by atoms with E-state index in [0.29, 0.717) is 54.8 Å². The van der Waals surface area contributed by atoms with Crippen molar-refractivity contribution in [2.24, 2.45) is 0 Å². The standard InChI is InChI=1S/C19H18ClFN6O3/c20-10-3-13-14(5-23-16(13)22-4-10)17-24-6-15(21)18(26-17)25-11-7-27(8-11)19(28)30-12-1-2-29-9-12/h3-6,11-12H,1-2,7-9H2,(H,22,23)(H,24,25,26)/t12-/m0/s1. The summed E-state index contributed by atoms with van der Waals surface area (Å²) in [4.78, 5) is 29.3. The van der Waals surface area contributed by atoms with Crippen molar-refractivity contribution in [3.05, 3.63) is 35.5 Å². The zero-order chi connectivity index (χ0) is 20.7. The van der Waals surface area contributed by atoms with Crippen LogP contribution in [0, 0.1) is 5.82 Å². The minimum atomic E-state index is -0.570. The van der Waals surface area contributed by atoms with Crippen LogP contribution in [0.5, 0.6) is 0 Å². The highest BCUT2D eigenvalue weighted by atomic mass is 35.5. The number of carbonyl (C=O) groups excluding carboxylic acids is 1. The first-order valence-corrected chi connectivity index (χ1v) is 9.90. The van der Waals surface area contributed by atoms with Gasteiger partial charge in [0.2, 0.25) is 0 Å². The zero-order valence-corrected chi connectivity index (χ0v) is 16.5. The SMILES string of the molecule is O=C(O[C@H]1CCOC1)N1CC(Nc2nc(-c3c[nH]c4ncc(Cl)cc34)ncc2F)C1. The van der Waals surface area contributed by atoms with E-state index in [1.165, 1.54) is 6.20 Å². The number of nitrogens with one attached hydrogen (secondary N) is 2. The molecule has 1 atom stereocenters. The van der Waals surface area contributed by atoms with Crippen molar-refractivity contribution in [1.82, 2.24) is 24.8 Å². The third-order valence-corrected chi connectivity index (χ3v) is 5.33. The van der Waals surface area contributed by atoms with Crippen LogP contribution in [0.1, 0.15) is 6.42 Å². The Morgan fingerprint density at radius 3 is 3.03 bits per heavy atom. The highest BCUT2D eigenvalue weighted by Crippen LogP contribution is 2.28. The number of amides is 1. The first-order valence-electron chi connectivity index (χ1n) is 9.52. The van der Waals surface area contributed by atoms with Gasteiger partial charge in [0, 0.05) is 42.9 Å². The van der Waals surface area contributed by atoms with Gasteiger partial charge in [-0.15, -0.1) is 0 Å². The lowest BCUT2D eigenvalue weighted by Crippen LogP contribution is -2.57. The molecule has 156 valence electrons. The van der Waals surface area contributed by atoms with Gasteiger partial charge in [-0.25, -0.2) is 24.1 Å². The molecule has 0 bridgehead atoms. The zero-order valence-electron chi connectivity index (χ0n) is 15.8. The number of aromatic nitrogens is 4. The van der Waals surface area contributed by atoms with E-state index < -0.39 is 5.82 Å². The van der Waals surface area contributed by atoms with E-state index in [9.17, 15) is 9.18 Å². The second-order valence-electron chi connectivity index (χ2n) is 7.26. The second kappa shape index (κ2) is 7.69. The van der Waals surface area contributed by atoms with E-state index in [1.54, 1.807) is 17.2 Å². The fourth-order valence-electron chi connectivity index (χ4n) is 3.50. The maximum absolute atomic E-state index is 14.3. The molecule has 0 spiro atoms. The average Bonchev–Trinajstić information content (AvgIpc) is 3.35. The summed E-state index contributed by atoms with van der Waals surface area (Å²) >= 11 is 6.04. The molecule has 5 rings (SSSR count). The van der Waals surface area contributed by atoms with Crippen molar-refractivity contribution in [3.63, 3.8) is 0 Å². The minimum absolute atomic E-state index is 0.0755. The van der Waals surface area contributed by atoms with Gasteiger partial charge in [-0.05, 0) is 6.07 Å². The average molecular weight is 433 g/mol. The van der Waals surface area contributed by atoms with Crippen LogP contribution in [0.15, 0.2) is 24.7 Å². The van der Waals surface area contributed by atoms with Crippen molar-refractivity contribution in [2.75, 3.05) is 31.6 Å². The van der Waals surface area contributed by atoms with Gasteiger partial charge in [-0.1, -0.05) is 11.6 Å². The van der Waals surface area contributed by atoms with Crippen molar-refractivity contribution in [3.8, 4) is 11.4 Å². The number of hydrogen-bond donors (Lipinski definition) is 2. The van der Waals surface area contributed by atoms with Crippen LogP contribution in [0.3, 0.4) is 0 Å². The summed E-state index contributed by atoms with van der Waals surface area (Å²) in [6, 6.07) is 1.62. The molecule has 1 amide bonds. The van der Waals surface area contributed by atoms with Gasteiger partial charge in [0.25, 0.3) is 0 Å². The highest BCUT2D eigenvalue weighted by Gasteiger charge is 2.34. The molecule has 3 aromatic rings. The number of ether oxygens (including phenoxy) is 2. The summed E-state index contributed by atoms with van der Waals surface area (Å²) in [5.41, 5.74) is 1.30. The molecule has 30 heavy (non-hydrogen) atoms. The molecule has 2 saturated heterocycles. The Hall–Kier alpha value is -2.98. The van der Waals surface area contributed by atoms with Crippen molar-refractivity contribution in [2.45, 2.75) is 18.6 Å². The van der Waals surface area contributed by atoms with E-state index in [4.69, 9.17) is 21.1 Å². The molecule has 0 aliphatic carbocycles. The predicted molar refractivity (Wildman–Crippen MR) is 107 cm³/mol. The lowest BCUT2D eigenvalue weighted by atomic mass is 10.1. The van der Waals surface area contributed by atoms with Crippen LogP contribution >= 0.6 is 11.6 Å². The second-order valence-corrected chi connectivity index (χ2v) is 7.69. The molecule has 9 nitrogen and oxygen atoms in total. The molecule has 2 aliphatic rings. The first kappa shape index (κ1) is 19.0. The van der Waals surface area contributed by atoms with Crippen LogP contribution < -0.4 is 5.32 Å². The van der Waals surface area contributed by atoms with Gasteiger partial charge in [0.1, 0.15) is 11.8 Å². The Morgan fingerprint density at radius 2 is 2.23 bits per heavy atom. The molecule has 3 aromatic heterocycles. The molecule has 0 unspecified atom stereocenters. The van der Waals surface area contributed by atoms with E-state index in [-0.39, 0.29) is 24.1 Å². The molecule has 0 radical (unpaired) electrons. The third kappa shape index (κ3) is 3.63. The Kier molecular flexibility index (Phi) is 4.87. The lowest BCUT2D eigenvalue weighted by molar-refractivity contribution is 0.0375. The Labute approximate surface area is 175 Å². The summed E-state index contributed by atoms with van der Waals surface area (Å²) in [6.07, 6.45) is 4.51. The summed E-state index contributed by atoms with van der Waals surface area (Å²) in [6.45, 7) is 1.84. The number of nitrogens with zero attached hydrogens (tertiary/aromatic N) is 4. The molecule has 2 N–H and O–H groups in total. The normalized spacial score (nSPS) is 19.1. The fraction of sp³-hybridized carbons (Fsp3) is 0.368. The number of fused-ring (bicyclic) bond motifs is 1. The van der Waals surface area contributed by atoms with E-state index >= 15 is 0 Å². The molecule has 0 aromatic carbocycles. The number of anilines is 1. The van der Waals surface area contributed by atoms with E-state index in [0.717, 1.165) is 11.6 Å². The molecule has 0 saturated carbocycles. The van der Waals surface area contributed by atoms with E-state index in [1.807, 2.05) is 0 Å². The van der Waals surface area contributed by atoms with Crippen LogP contribution in [0.4, 0.5) is 15.0 Å². The quantitative estimate of drug-likeness (QED) is 0.653. The maximum Gasteiger partial charge on any atom is 0.410 e. The third-order valence-electron chi connectivity index (χ3n) is 5.12. The minimum Gasteiger partial charge on any atom is -0.444 e. The van der Waals surface area contributed by atoms with Crippen molar-refractivity contribution in [1.29, 1.82) is 0 Å². The van der Waals surface area contributed by atoms with Gasteiger partial charge >= 0.3 is 6.09 Å². The van der Waals surface area contributed by atoms with Crippen LogP contribution in [-0.4, -0.2) is 69.4 Å². The largest absolute Gasteiger partial charge is 0.444 e. The number of hydrogen-bond acceptors (Lipinski definition) is 7. The van der Waals surface area contributed by atoms with Crippen molar-refractivity contribution < 1.29 is 18.7 Å². The monoisotopic (exact) mass is 432 g/mol. The van der Waals surface area contributed by atoms with Crippen LogP contribution in [0.25, 0.3) is 22.4 Å². The van der Waals surface area contributed by atoms with Gasteiger partial charge in [0.15, 0.2) is 17.5 Å².